The third kappa shape index (κ3) is 5.39. The molecule has 9 aromatic rings. The molecule has 8 aromatic carbocycles. The van der Waals surface area contributed by atoms with Gasteiger partial charge < -0.3 is 9.47 Å². The van der Waals surface area contributed by atoms with Gasteiger partial charge in [-0.25, -0.2) is 0 Å². The molecule has 0 saturated carbocycles. The molecule has 11 rings (SSSR count). The van der Waals surface area contributed by atoms with Crippen LogP contribution < -0.4 is 4.90 Å². The zero-order valence-corrected chi connectivity index (χ0v) is 35.0. The van der Waals surface area contributed by atoms with Crippen molar-refractivity contribution in [2.24, 2.45) is 0 Å². The second kappa shape index (κ2) is 12.8. The van der Waals surface area contributed by atoms with Crippen molar-refractivity contribution in [3.05, 3.63) is 192 Å². The fourth-order valence-corrected chi connectivity index (χ4v) is 10.8. The SMILES string of the molecule is CC1(C)CCC(C)(C)c2c(-c3cc(N(c4ccc5ccccc5c4)c4ccc5c6ccccc6n(-c6ccccc6)c5c4)cc4c3-c3ccccc3C4(C)C)cccc21. The summed E-state index contributed by atoms with van der Waals surface area (Å²) in [6.45, 7) is 14.7. The molecule has 0 N–H and O–H groups in total. The van der Waals surface area contributed by atoms with E-state index in [1.807, 2.05) is 0 Å². The van der Waals surface area contributed by atoms with Crippen LogP contribution in [0.15, 0.2) is 170 Å². The average molecular weight is 763 g/mol. The minimum absolute atomic E-state index is 0.0336. The molecule has 0 atom stereocenters. The molecular weight excluding hydrogens is 713 g/mol. The summed E-state index contributed by atoms with van der Waals surface area (Å²) in [4.78, 5) is 2.52. The third-order valence-electron chi connectivity index (χ3n) is 14.0. The molecule has 0 saturated heterocycles. The first-order valence-electron chi connectivity index (χ1n) is 21.3. The first kappa shape index (κ1) is 35.8. The molecule has 59 heavy (non-hydrogen) atoms. The van der Waals surface area contributed by atoms with Crippen molar-refractivity contribution in [2.45, 2.75) is 70.6 Å². The number of aromatic nitrogens is 1. The van der Waals surface area contributed by atoms with Crippen LogP contribution in [0.25, 0.3) is 60.5 Å². The van der Waals surface area contributed by atoms with Crippen LogP contribution in [-0.4, -0.2) is 4.57 Å². The molecule has 0 amide bonds. The Morgan fingerprint density at radius 1 is 0.424 bits per heavy atom. The van der Waals surface area contributed by atoms with E-state index in [0.29, 0.717) is 0 Å². The second-order valence-corrected chi connectivity index (χ2v) is 18.8. The maximum absolute atomic E-state index is 2.52. The van der Waals surface area contributed by atoms with Gasteiger partial charge >= 0.3 is 0 Å². The van der Waals surface area contributed by atoms with Crippen molar-refractivity contribution < 1.29 is 0 Å². The van der Waals surface area contributed by atoms with E-state index in [1.54, 1.807) is 0 Å². The minimum Gasteiger partial charge on any atom is -0.310 e. The van der Waals surface area contributed by atoms with Crippen LogP contribution in [0, 0.1) is 0 Å². The molecule has 2 heteroatoms. The standard InChI is InChI=1S/C57H50N2/c1-55(2)31-32-56(3,4)54-45(23-16-25-49(54)55)47-34-42(35-50-53(47)46-22-12-14-24-48(46)57(50,5)6)58(40-28-27-37-17-10-11-18-38(37)33-40)41-29-30-44-43-21-13-15-26-51(43)59(52(44)36-41)39-19-8-7-9-20-39/h7-30,33-36H,31-32H2,1-6H3. The zero-order valence-electron chi connectivity index (χ0n) is 35.0. The van der Waals surface area contributed by atoms with E-state index in [2.05, 4.69) is 221 Å². The van der Waals surface area contributed by atoms with Gasteiger partial charge in [-0.15, -0.1) is 0 Å². The summed E-state index contributed by atoms with van der Waals surface area (Å²) in [5, 5.41) is 4.97. The highest BCUT2D eigenvalue weighted by molar-refractivity contribution is 6.10. The number of hydrogen-bond donors (Lipinski definition) is 0. The van der Waals surface area contributed by atoms with Crippen LogP contribution in [0.2, 0.25) is 0 Å². The lowest BCUT2D eigenvalue weighted by molar-refractivity contribution is 0.333. The molecule has 0 fully saturated rings. The number of para-hydroxylation sites is 2. The molecule has 0 bridgehead atoms. The Morgan fingerprint density at radius 3 is 1.92 bits per heavy atom. The third-order valence-corrected chi connectivity index (χ3v) is 14.0. The van der Waals surface area contributed by atoms with Gasteiger partial charge in [0.2, 0.25) is 0 Å². The fraction of sp³-hybridized carbons (Fsp3) is 0.193. The Morgan fingerprint density at radius 2 is 1.07 bits per heavy atom. The van der Waals surface area contributed by atoms with Gasteiger partial charge in [0.1, 0.15) is 0 Å². The van der Waals surface area contributed by atoms with Crippen LogP contribution in [0.3, 0.4) is 0 Å². The van der Waals surface area contributed by atoms with E-state index in [0.717, 1.165) is 23.5 Å². The highest BCUT2D eigenvalue weighted by atomic mass is 15.1. The summed E-state index contributed by atoms with van der Waals surface area (Å²) in [7, 11) is 0. The number of anilines is 3. The Labute approximate surface area is 348 Å². The fourth-order valence-electron chi connectivity index (χ4n) is 10.8. The van der Waals surface area contributed by atoms with Gasteiger partial charge in [0.15, 0.2) is 0 Å². The lowest BCUT2D eigenvalue weighted by Gasteiger charge is -2.43. The smallest absolute Gasteiger partial charge is 0.0561 e. The summed E-state index contributed by atoms with van der Waals surface area (Å²) in [5.74, 6) is 0. The first-order valence-corrected chi connectivity index (χ1v) is 21.3. The Kier molecular flexibility index (Phi) is 7.76. The highest BCUT2D eigenvalue weighted by Crippen LogP contribution is 2.57. The largest absolute Gasteiger partial charge is 0.310 e. The molecule has 0 unspecified atom stereocenters. The Hall–Kier alpha value is -6.38. The van der Waals surface area contributed by atoms with Crippen molar-refractivity contribution in [3.8, 4) is 27.9 Å². The lowest BCUT2D eigenvalue weighted by atomic mass is 9.61. The molecule has 0 radical (unpaired) electrons. The molecule has 2 aliphatic carbocycles. The van der Waals surface area contributed by atoms with E-state index in [4.69, 9.17) is 0 Å². The number of nitrogens with zero attached hydrogens (tertiary/aromatic N) is 2. The van der Waals surface area contributed by atoms with Crippen LogP contribution in [0.4, 0.5) is 17.1 Å². The van der Waals surface area contributed by atoms with Crippen LogP contribution in [0.1, 0.15) is 76.6 Å². The van der Waals surface area contributed by atoms with Crippen LogP contribution >= 0.6 is 0 Å². The lowest BCUT2D eigenvalue weighted by Crippen LogP contribution is -2.34. The summed E-state index contributed by atoms with van der Waals surface area (Å²) in [6.07, 6.45) is 2.34. The molecule has 2 aliphatic rings. The Bertz CT molecular complexity index is 3140. The second-order valence-electron chi connectivity index (χ2n) is 18.8. The van der Waals surface area contributed by atoms with Crippen molar-refractivity contribution in [3.63, 3.8) is 0 Å². The van der Waals surface area contributed by atoms with Crippen molar-refractivity contribution in [1.29, 1.82) is 0 Å². The first-order chi connectivity index (χ1) is 28.5. The number of fused-ring (bicyclic) bond motifs is 8. The number of benzene rings is 8. The van der Waals surface area contributed by atoms with E-state index in [1.165, 1.54) is 89.2 Å². The zero-order chi connectivity index (χ0) is 40.3. The monoisotopic (exact) mass is 762 g/mol. The van der Waals surface area contributed by atoms with Gasteiger partial charge in [-0.2, -0.15) is 0 Å². The van der Waals surface area contributed by atoms with Gasteiger partial charge in [0, 0.05) is 38.9 Å². The molecule has 1 heterocycles. The average Bonchev–Trinajstić information content (AvgIpc) is 3.70. The molecule has 288 valence electrons. The summed E-state index contributed by atoms with van der Waals surface area (Å²) < 4.78 is 2.43. The molecule has 2 nitrogen and oxygen atoms in total. The van der Waals surface area contributed by atoms with Crippen molar-refractivity contribution >= 4 is 49.6 Å². The van der Waals surface area contributed by atoms with Gasteiger partial charge in [-0.05, 0) is 134 Å². The maximum Gasteiger partial charge on any atom is 0.0561 e. The van der Waals surface area contributed by atoms with Gasteiger partial charge in [0.05, 0.1) is 11.0 Å². The van der Waals surface area contributed by atoms with E-state index < -0.39 is 0 Å². The Balaban J connectivity index is 1.24. The van der Waals surface area contributed by atoms with Crippen molar-refractivity contribution in [2.75, 3.05) is 4.90 Å². The molecule has 0 spiro atoms. The highest BCUT2D eigenvalue weighted by Gasteiger charge is 2.42. The molecule has 1 aromatic heterocycles. The molecule has 0 aliphatic heterocycles. The van der Waals surface area contributed by atoms with Gasteiger partial charge in [-0.1, -0.05) is 157 Å². The minimum atomic E-state index is -0.195. The van der Waals surface area contributed by atoms with Gasteiger partial charge in [0.25, 0.3) is 0 Å². The summed E-state index contributed by atoms with van der Waals surface area (Å²) in [6, 6.07) is 63.7. The maximum atomic E-state index is 2.52. The van der Waals surface area contributed by atoms with Gasteiger partial charge in [-0.3, -0.25) is 0 Å². The molecular formula is C57H50N2. The number of hydrogen-bond acceptors (Lipinski definition) is 1. The quantitative estimate of drug-likeness (QED) is 0.170. The predicted octanol–water partition coefficient (Wildman–Crippen LogP) is 15.7. The van der Waals surface area contributed by atoms with Crippen LogP contribution in [-0.2, 0) is 16.2 Å². The number of rotatable bonds is 5. The normalized spacial score (nSPS) is 15.9. The topological polar surface area (TPSA) is 8.17 Å². The van der Waals surface area contributed by atoms with Crippen molar-refractivity contribution in [1.82, 2.24) is 4.57 Å². The predicted molar refractivity (Wildman–Crippen MR) is 251 cm³/mol. The van der Waals surface area contributed by atoms with E-state index in [9.17, 15) is 0 Å². The van der Waals surface area contributed by atoms with E-state index in [-0.39, 0.29) is 16.2 Å². The van der Waals surface area contributed by atoms with Crippen LogP contribution in [0.5, 0.6) is 0 Å². The summed E-state index contributed by atoms with van der Waals surface area (Å²) in [5.41, 5.74) is 18.1. The summed E-state index contributed by atoms with van der Waals surface area (Å²) >= 11 is 0. The van der Waals surface area contributed by atoms with E-state index >= 15 is 0 Å².